The first kappa shape index (κ1) is 18.5. The number of carboxylic acid groups (broad SMARTS) is 1. The summed E-state index contributed by atoms with van der Waals surface area (Å²) in [6, 6.07) is 7.12. The summed E-state index contributed by atoms with van der Waals surface area (Å²) in [4.78, 5) is 14.7. The number of rotatable bonds is 7. The molecule has 2 aromatic rings. The smallest absolute Gasteiger partial charge is 0.356 e. The molecule has 0 aliphatic rings. The van der Waals surface area contributed by atoms with Crippen molar-refractivity contribution in [1.82, 2.24) is 9.29 Å². The number of carbonyl (C=O) groups is 1. The van der Waals surface area contributed by atoms with Gasteiger partial charge in [-0.3, -0.25) is 0 Å². The minimum Gasteiger partial charge on any atom is -0.476 e. The van der Waals surface area contributed by atoms with Gasteiger partial charge in [0.1, 0.15) is 0 Å². The second-order valence-electron chi connectivity index (χ2n) is 5.18. The van der Waals surface area contributed by atoms with Gasteiger partial charge in [0.05, 0.1) is 11.6 Å². The summed E-state index contributed by atoms with van der Waals surface area (Å²) in [6.45, 7) is 3.47. The van der Waals surface area contributed by atoms with Gasteiger partial charge in [0, 0.05) is 13.1 Å². The van der Waals surface area contributed by atoms with E-state index in [0.29, 0.717) is 5.56 Å². The quantitative estimate of drug-likeness (QED) is 0.771. The van der Waals surface area contributed by atoms with Gasteiger partial charge < -0.3 is 10.2 Å². The minimum absolute atomic E-state index is 0.0994. The maximum atomic E-state index is 12.7. The lowest BCUT2D eigenvalue weighted by molar-refractivity contribution is 0.0687. The molecule has 1 heterocycles. The first-order chi connectivity index (χ1) is 11.3. The van der Waals surface area contributed by atoms with Crippen LogP contribution in [0.2, 0.25) is 0 Å². The summed E-state index contributed by atoms with van der Waals surface area (Å²) in [5, 5.41) is 19.4. The van der Waals surface area contributed by atoms with Crippen molar-refractivity contribution in [2.24, 2.45) is 0 Å². The number of aromatic carboxylic acids is 1. The third-order valence-corrected chi connectivity index (χ3v) is 6.79. The Morgan fingerprint density at radius 3 is 2.50 bits per heavy atom. The van der Waals surface area contributed by atoms with E-state index < -0.39 is 27.8 Å². The molecule has 0 saturated carbocycles. The SMILES string of the molecule is CCN(CC(O)c1ccc(C)cc1)S(=O)(=O)c1scnc1C(=O)O. The van der Waals surface area contributed by atoms with Crippen molar-refractivity contribution in [3.63, 3.8) is 0 Å². The fourth-order valence-corrected chi connectivity index (χ4v) is 4.90. The number of carboxylic acids is 1. The Morgan fingerprint density at radius 1 is 1.33 bits per heavy atom. The Labute approximate surface area is 144 Å². The van der Waals surface area contributed by atoms with Crippen LogP contribution in [0.25, 0.3) is 0 Å². The monoisotopic (exact) mass is 370 g/mol. The molecule has 0 saturated heterocycles. The van der Waals surface area contributed by atoms with Crippen molar-refractivity contribution in [1.29, 1.82) is 0 Å². The second kappa shape index (κ2) is 7.39. The van der Waals surface area contributed by atoms with E-state index in [1.165, 1.54) is 5.51 Å². The summed E-state index contributed by atoms with van der Waals surface area (Å²) >= 11 is 0.750. The number of benzene rings is 1. The molecule has 7 nitrogen and oxygen atoms in total. The highest BCUT2D eigenvalue weighted by Crippen LogP contribution is 2.26. The van der Waals surface area contributed by atoms with Crippen LogP contribution >= 0.6 is 11.3 Å². The number of aryl methyl sites for hydroxylation is 1. The maximum absolute atomic E-state index is 12.7. The van der Waals surface area contributed by atoms with Crippen LogP contribution in [0.3, 0.4) is 0 Å². The van der Waals surface area contributed by atoms with Crippen LogP contribution in [-0.4, -0.2) is 47.0 Å². The summed E-state index contributed by atoms with van der Waals surface area (Å²) < 4.78 is 26.1. The molecule has 0 aliphatic heterocycles. The fraction of sp³-hybridized carbons (Fsp3) is 0.333. The number of thiazole rings is 1. The largest absolute Gasteiger partial charge is 0.476 e. The molecule has 24 heavy (non-hydrogen) atoms. The van der Waals surface area contributed by atoms with Crippen LogP contribution in [0.1, 0.15) is 34.6 Å². The van der Waals surface area contributed by atoms with Crippen molar-refractivity contribution in [3.8, 4) is 0 Å². The molecule has 0 amide bonds. The molecule has 1 unspecified atom stereocenters. The van der Waals surface area contributed by atoms with E-state index in [0.717, 1.165) is 21.2 Å². The number of hydrogen-bond acceptors (Lipinski definition) is 6. The molecule has 1 aromatic heterocycles. The van der Waals surface area contributed by atoms with Gasteiger partial charge >= 0.3 is 5.97 Å². The van der Waals surface area contributed by atoms with E-state index in [1.54, 1.807) is 19.1 Å². The molecule has 1 atom stereocenters. The van der Waals surface area contributed by atoms with Crippen LogP contribution in [0.4, 0.5) is 0 Å². The van der Waals surface area contributed by atoms with E-state index in [4.69, 9.17) is 5.11 Å². The number of aliphatic hydroxyl groups is 1. The Balaban J connectivity index is 2.28. The van der Waals surface area contributed by atoms with Gasteiger partial charge in [0.25, 0.3) is 10.0 Å². The van der Waals surface area contributed by atoms with Gasteiger partial charge in [-0.2, -0.15) is 4.31 Å². The summed E-state index contributed by atoms with van der Waals surface area (Å²) in [5.41, 5.74) is 2.31. The van der Waals surface area contributed by atoms with Crippen molar-refractivity contribution >= 4 is 27.3 Å². The molecule has 2 N–H and O–H groups in total. The Hall–Kier alpha value is -1.81. The third kappa shape index (κ3) is 3.81. The van der Waals surface area contributed by atoms with Gasteiger partial charge in [-0.1, -0.05) is 36.8 Å². The van der Waals surface area contributed by atoms with Crippen LogP contribution in [0.5, 0.6) is 0 Å². The van der Waals surface area contributed by atoms with Crippen LogP contribution in [0.15, 0.2) is 34.0 Å². The lowest BCUT2D eigenvalue weighted by Gasteiger charge is -2.23. The Morgan fingerprint density at radius 2 is 1.96 bits per heavy atom. The van der Waals surface area contributed by atoms with E-state index in [1.807, 2.05) is 19.1 Å². The van der Waals surface area contributed by atoms with E-state index in [9.17, 15) is 18.3 Å². The standard InChI is InChI=1S/C15H18N2O5S2/c1-3-17(8-12(18)11-6-4-10(2)5-7-11)24(21,22)15-13(14(19)20)16-9-23-15/h4-7,9,12,18H,3,8H2,1-2H3,(H,19,20). The summed E-state index contributed by atoms with van der Waals surface area (Å²) in [5.74, 6) is -1.40. The fourth-order valence-electron chi connectivity index (χ4n) is 2.16. The highest BCUT2D eigenvalue weighted by Gasteiger charge is 2.32. The predicted octanol–water partition coefficient (Wildman–Crippen LogP) is 1.89. The zero-order chi connectivity index (χ0) is 17.9. The number of aliphatic hydroxyl groups excluding tert-OH is 1. The summed E-state index contributed by atoms with van der Waals surface area (Å²) in [6.07, 6.45) is -1.01. The lowest BCUT2D eigenvalue weighted by Crippen LogP contribution is -2.35. The minimum atomic E-state index is -4.05. The molecule has 0 spiro atoms. The number of likely N-dealkylation sites (N-methyl/N-ethyl adjacent to an activating group) is 1. The average Bonchev–Trinajstić information content (AvgIpc) is 3.03. The van der Waals surface area contributed by atoms with E-state index in [2.05, 4.69) is 4.98 Å². The van der Waals surface area contributed by atoms with E-state index >= 15 is 0 Å². The molecular weight excluding hydrogens is 352 g/mol. The highest BCUT2D eigenvalue weighted by atomic mass is 32.2. The molecule has 130 valence electrons. The maximum Gasteiger partial charge on any atom is 0.356 e. The van der Waals surface area contributed by atoms with Gasteiger partial charge in [-0.15, -0.1) is 11.3 Å². The zero-order valence-electron chi connectivity index (χ0n) is 13.2. The molecule has 0 fully saturated rings. The van der Waals surface area contributed by atoms with Gasteiger partial charge in [0.15, 0.2) is 9.90 Å². The van der Waals surface area contributed by atoms with Crippen molar-refractivity contribution in [2.75, 3.05) is 13.1 Å². The normalized spacial score (nSPS) is 13.2. The zero-order valence-corrected chi connectivity index (χ0v) is 14.8. The predicted molar refractivity (Wildman–Crippen MR) is 89.6 cm³/mol. The highest BCUT2D eigenvalue weighted by molar-refractivity contribution is 7.91. The van der Waals surface area contributed by atoms with Gasteiger partial charge in [-0.05, 0) is 12.5 Å². The average molecular weight is 370 g/mol. The first-order valence-electron chi connectivity index (χ1n) is 7.19. The molecule has 0 radical (unpaired) electrons. The topological polar surface area (TPSA) is 108 Å². The molecular formula is C15H18N2O5S2. The van der Waals surface area contributed by atoms with E-state index in [-0.39, 0.29) is 17.3 Å². The molecule has 0 bridgehead atoms. The molecule has 9 heteroatoms. The van der Waals surface area contributed by atoms with Gasteiger partial charge in [-0.25, -0.2) is 18.2 Å². The molecule has 1 aromatic carbocycles. The van der Waals surface area contributed by atoms with Crippen LogP contribution < -0.4 is 0 Å². The van der Waals surface area contributed by atoms with Gasteiger partial charge in [0.2, 0.25) is 0 Å². The number of hydrogen-bond donors (Lipinski definition) is 2. The number of aromatic nitrogens is 1. The van der Waals surface area contributed by atoms with Crippen LogP contribution in [-0.2, 0) is 10.0 Å². The number of nitrogens with zero attached hydrogens (tertiary/aromatic N) is 2. The lowest BCUT2D eigenvalue weighted by atomic mass is 10.1. The molecule has 2 rings (SSSR count). The number of sulfonamides is 1. The van der Waals surface area contributed by atoms with Crippen molar-refractivity contribution in [2.45, 2.75) is 24.2 Å². The Kier molecular flexibility index (Phi) is 5.70. The third-order valence-electron chi connectivity index (χ3n) is 3.50. The Bertz CT molecular complexity index is 815. The first-order valence-corrected chi connectivity index (χ1v) is 9.51. The molecule has 0 aliphatic carbocycles. The van der Waals surface area contributed by atoms with Crippen LogP contribution in [0, 0.1) is 6.92 Å². The van der Waals surface area contributed by atoms with Crippen molar-refractivity contribution < 1.29 is 23.4 Å². The van der Waals surface area contributed by atoms with Crippen molar-refractivity contribution in [3.05, 3.63) is 46.6 Å². The summed E-state index contributed by atoms with van der Waals surface area (Å²) in [7, 11) is -4.05. The second-order valence-corrected chi connectivity index (χ2v) is 8.16.